The van der Waals surface area contributed by atoms with E-state index in [1.54, 1.807) is 0 Å². The van der Waals surface area contributed by atoms with Crippen LogP contribution in [0.1, 0.15) is 43.4 Å². The highest BCUT2D eigenvalue weighted by molar-refractivity contribution is 6.79. The van der Waals surface area contributed by atoms with Crippen molar-refractivity contribution >= 4 is 25.1 Å². The van der Waals surface area contributed by atoms with Crippen LogP contribution in [0.3, 0.4) is 0 Å². The largest absolute Gasteiger partial charge is 0.468 e. The molecule has 3 rings (SSSR count). The molecule has 0 saturated heterocycles. The Morgan fingerprint density at radius 3 is 2.21 bits per heavy atom. The number of carbonyl (C=O) groups is 1. The van der Waals surface area contributed by atoms with Gasteiger partial charge in [-0.15, -0.1) is 0 Å². The molecular weight excluding hydrogens is 362 g/mol. The van der Waals surface area contributed by atoms with Crippen LogP contribution in [-0.2, 0) is 9.53 Å². The summed E-state index contributed by atoms with van der Waals surface area (Å²) in [7, 11) is -0.393. The van der Waals surface area contributed by atoms with Crippen LogP contribution in [0.5, 0.6) is 0 Å². The molecule has 148 valence electrons. The molecule has 0 fully saturated rings. The molecule has 2 aromatic carbocycles. The van der Waals surface area contributed by atoms with Crippen molar-refractivity contribution in [1.82, 2.24) is 4.23 Å². The Labute approximate surface area is 169 Å². The van der Waals surface area contributed by atoms with Gasteiger partial charge in [0.25, 0.3) is 0 Å². The maximum atomic E-state index is 12.9. The molecule has 0 N–H and O–H groups in total. The van der Waals surface area contributed by atoms with Crippen LogP contribution < -0.4 is 0 Å². The lowest BCUT2D eigenvalue weighted by Gasteiger charge is -2.38. The minimum atomic E-state index is -1.87. The molecule has 1 atom stereocenters. The SMILES string of the molecule is COC(=O)C(c1ccccc1C)c1cn([Si](C)(C)C(C)(C)C)c2ccccc12. The second-order valence-electron chi connectivity index (χ2n) is 9.09. The summed E-state index contributed by atoms with van der Waals surface area (Å²) >= 11 is 0. The molecule has 1 unspecified atom stereocenters. The molecule has 1 aromatic heterocycles. The molecular formula is C24H31NO2Si. The van der Waals surface area contributed by atoms with Crippen LogP contribution in [0, 0.1) is 6.92 Å². The van der Waals surface area contributed by atoms with Crippen molar-refractivity contribution in [2.24, 2.45) is 0 Å². The van der Waals surface area contributed by atoms with Gasteiger partial charge in [-0.3, -0.25) is 4.79 Å². The minimum Gasteiger partial charge on any atom is -0.468 e. The van der Waals surface area contributed by atoms with E-state index in [0.29, 0.717) is 0 Å². The van der Waals surface area contributed by atoms with Gasteiger partial charge in [0.05, 0.1) is 7.11 Å². The third kappa shape index (κ3) is 3.30. The van der Waals surface area contributed by atoms with Gasteiger partial charge in [-0.2, -0.15) is 0 Å². The van der Waals surface area contributed by atoms with Crippen molar-refractivity contribution in [3.63, 3.8) is 0 Å². The summed E-state index contributed by atoms with van der Waals surface area (Å²) in [5, 5.41) is 1.31. The summed E-state index contributed by atoms with van der Waals surface area (Å²) in [6.45, 7) is 13.8. The number of aryl methyl sites for hydroxylation is 1. The molecule has 0 radical (unpaired) electrons. The van der Waals surface area contributed by atoms with Gasteiger partial charge in [0.2, 0.25) is 0 Å². The molecule has 0 aliphatic carbocycles. The fourth-order valence-corrected chi connectivity index (χ4v) is 5.69. The van der Waals surface area contributed by atoms with E-state index in [4.69, 9.17) is 4.74 Å². The van der Waals surface area contributed by atoms with E-state index in [-0.39, 0.29) is 11.0 Å². The smallest absolute Gasteiger partial charge is 0.317 e. The van der Waals surface area contributed by atoms with Gasteiger partial charge in [0.1, 0.15) is 5.92 Å². The highest BCUT2D eigenvalue weighted by atomic mass is 28.3. The molecule has 0 amide bonds. The maximum absolute atomic E-state index is 12.9. The Kier molecular flexibility index (Phi) is 5.28. The zero-order valence-corrected chi connectivity index (χ0v) is 19.0. The number of para-hydroxylation sites is 1. The van der Waals surface area contributed by atoms with Gasteiger partial charge < -0.3 is 8.97 Å². The number of hydrogen-bond donors (Lipinski definition) is 0. The van der Waals surface area contributed by atoms with Gasteiger partial charge in [0, 0.05) is 17.1 Å². The second-order valence-corrected chi connectivity index (χ2v) is 14.2. The van der Waals surface area contributed by atoms with Crippen molar-refractivity contribution in [3.8, 4) is 0 Å². The monoisotopic (exact) mass is 393 g/mol. The summed E-state index contributed by atoms with van der Waals surface area (Å²) < 4.78 is 7.71. The van der Waals surface area contributed by atoms with Gasteiger partial charge in [0.15, 0.2) is 8.24 Å². The fraction of sp³-hybridized carbons (Fsp3) is 0.375. The summed E-state index contributed by atoms with van der Waals surface area (Å²) in [4.78, 5) is 12.9. The molecule has 0 spiro atoms. The standard InChI is InChI=1S/C24H31NO2Si/c1-17-12-8-9-13-18(17)22(23(26)27-5)20-16-25(28(6,7)24(2,3)4)21-15-11-10-14-19(20)21/h8-16,22H,1-7H3. The first-order valence-corrected chi connectivity index (χ1v) is 12.8. The number of nitrogens with zero attached hydrogens (tertiary/aromatic N) is 1. The molecule has 0 bridgehead atoms. The average molecular weight is 394 g/mol. The number of aromatic nitrogens is 1. The van der Waals surface area contributed by atoms with Gasteiger partial charge >= 0.3 is 5.97 Å². The number of fused-ring (bicyclic) bond motifs is 1. The molecule has 1 heterocycles. The Balaban J connectivity index is 2.33. The third-order valence-electron chi connectivity index (χ3n) is 6.43. The first-order chi connectivity index (χ1) is 13.1. The predicted molar refractivity (Wildman–Crippen MR) is 120 cm³/mol. The Hall–Kier alpha value is -2.33. The summed E-state index contributed by atoms with van der Waals surface area (Å²) in [5.41, 5.74) is 4.34. The normalized spacial score (nSPS) is 13.5. The Morgan fingerprint density at radius 1 is 1.00 bits per heavy atom. The van der Waals surface area contributed by atoms with Crippen molar-refractivity contribution in [3.05, 3.63) is 71.4 Å². The Bertz CT molecular complexity index is 1010. The summed E-state index contributed by atoms with van der Waals surface area (Å²) in [5.74, 6) is -0.644. The number of carbonyl (C=O) groups excluding carboxylic acids is 1. The minimum absolute atomic E-state index is 0.176. The van der Waals surface area contributed by atoms with E-state index in [9.17, 15) is 4.79 Å². The van der Waals surface area contributed by atoms with E-state index >= 15 is 0 Å². The third-order valence-corrected chi connectivity index (χ3v) is 11.7. The second kappa shape index (κ2) is 7.25. The first-order valence-electron chi connectivity index (χ1n) is 9.83. The van der Waals surface area contributed by atoms with E-state index in [0.717, 1.165) is 22.1 Å². The van der Waals surface area contributed by atoms with Gasteiger partial charge in [-0.05, 0) is 34.7 Å². The molecule has 3 aromatic rings. The van der Waals surface area contributed by atoms with Crippen molar-refractivity contribution in [1.29, 1.82) is 0 Å². The fourth-order valence-electron chi connectivity index (χ4n) is 3.71. The van der Waals surface area contributed by atoms with Crippen LogP contribution in [-0.4, -0.2) is 25.5 Å². The molecule has 3 nitrogen and oxygen atoms in total. The number of rotatable bonds is 4. The quantitative estimate of drug-likeness (QED) is 0.396. The molecule has 0 aliphatic heterocycles. The molecule has 0 aliphatic rings. The van der Waals surface area contributed by atoms with E-state index < -0.39 is 14.2 Å². The van der Waals surface area contributed by atoms with E-state index in [2.05, 4.69) is 75.5 Å². The topological polar surface area (TPSA) is 31.2 Å². The number of hydrogen-bond acceptors (Lipinski definition) is 2. The highest BCUT2D eigenvalue weighted by Crippen LogP contribution is 2.42. The molecule has 0 saturated carbocycles. The van der Waals surface area contributed by atoms with Gasteiger partial charge in [-0.25, -0.2) is 0 Å². The van der Waals surface area contributed by atoms with E-state index in [1.807, 2.05) is 24.3 Å². The predicted octanol–water partition coefficient (Wildman–Crippen LogP) is 6.11. The van der Waals surface area contributed by atoms with Crippen LogP contribution >= 0.6 is 0 Å². The number of esters is 1. The average Bonchev–Trinajstić information content (AvgIpc) is 3.02. The molecule has 28 heavy (non-hydrogen) atoms. The zero-order valence-electron chi connectivity index (χ0n) is 18.0. The van der Waals surface area contributed by atoms with Crippen molar-refractivity contribution in [2.75, 3.05) is 7.11 Å². The lowest BCUT2D eigenvalue weighted by atomic mass is 9.88. The van der Waals surface area contributed by atoms with Gasteiger partial charge in [-0.1, -0.05) is 76.3 Å². The Morgan fingerprint density at radius 2 is 1.61 bits per heavy atom. The molecule has 4 heteroatoms. The summed E-state index contributed by atoms with van der Waals surface area (Å²) in [6.07, 6.45) is 2.22. The number of ether oxygens (including phenoxy) is 1. The van der Waals surface area contributed by atoms with Crippen LogP contribution in [0.15, 0.2) is 54.7 Å². The first kappa shape index (κ1) is 20.4. The van der Waals surface area contributed by atoms with Crippen LogP contribution in [0.25, 0.3) is 10.9 Å². The number of benzene rings is 2. The highest BCUT2D eigenvalue weighted by Gasteiger charge is 2.39. The maximum Gasteiger partial charge on any atom is 0.317 e. The zero-order chi connectivity index (χ0) is 20.7. The summed E-state index contributed by atoms with van der Waals surface area (Å²) in [6, 6.07) is 16.5. The van der Waals surface area contributed by atoms with Crippen LogP contribution in [0.2, 0.25) is 18.1 Å². The van der Waals surface area contributed by atoms with Crippen LogP contribution in [0.4, 0.5) is 0 Å². The van der Waals surface area contributed by atoms with E-state index in [1.165, 1.54) is 12.6 Å². The lowest BCUT2D eigenvalue weighted by Crippen LogP contribution is -2.44. The van der Waals surface area contributed by atoms with Crippen molar-refractivity contribution < 1.29 is 9.53 Å². The lowest BCUT2D eigenvalue weighted by molar-refractivity contribution is -0.141. The number of methoxy groups -OCH3 is 1. The van der Waals surface area contributed by atoms with Crippen molar-refractivity contribution in [2.45, 2.75) is 51.7 Å².